The normalized spacial score (nSPS) is 24.0. The van der Waals surface area contributed by atoms with Crippen LogP contribution in [0, 0.1) is 5.92 Å². The Bertz CT molecular complexity index is 641. The SMILES string of the molecule is CN1CC(CN)CC1c1ccc2sc(C(C)(C)C)nc2c1. The van der Waals surface area contributed by atoms with Crippen molar-refractivity contribution in [3.63, 3.8) is 0 Å². The smallest absolute Gasteiger partial charge is 0.0992 e. The Labute approximate surface area is 131 Å². The molecular weight excluding hydrogens is 278 g/mol. The fourth-order valence-electron chi connectivity index (χ4n) is 3.14. The van der Waals surface area contributed by atoms with Crippen LogP contribution in [0.2, 0.25) is 0 Å². The number of thiazole rings is 1. The molecule has 1 aromatic heterocycles. The molecule has 1 fully saturated rings. The van der Waals surface area contributed by atoms with Gasteiger partial charge in [-0.1, -0.05) is 26.8 Å². The van der Waals surface area contributed by atoms with Crippen molar-refractivity contribution in [3.05, 3.63) is 28.8 Å². The van der Waals surface area contributed by atoms with E-state index < -0.39 is 0 Å². The fraction of sp³-hybridized carbons (Fsp3) is 0.588. The summed E-state index contributed by atoms with van der Waals surface area (Å²) in [5.74, 6) is 0.622. The van der Waals surface area contributed by atoms with Crippen LogP contribution in [0.25, 0.3) is 10.2 Å². The Morgan fingerprint density at radius 1 is 1.38 bits per heavy atom. The molecule has 0 bridgehead atoms. The highest BCUT2D eigenvalue weighted by Crippen LogP contribution is 2.37. The predicted octanol–water partition coefficient (Wildman–Crippen LogP) is 3.55. The van der Waals surface area contributed by atoms with E-state index in [0.29, 0.717) is 12.0 Å². The highest BCUT2D eigenvalue weighted by Gasteiger charge is 2.30. The van der Waals surface area contributed by atoms with Crippen LogP contribution in [0.15, 0.2) is 18.2 Å². The molecular formula is C17H25N3S. The summed E-state index contributed by atoms with van der Waals surface area (Å²) in [5.41, 5.74) is 8.49. The third-order valence-corrected chi connectivity index (χ3v) is 5.87. The zero-order valence-electron chi connectivity index (χ0n) is 13.4. The molecule has 3 rings (SSSR count). The Hall–Kier alpha value is -0.970. The molecule has 0 saturated carbocycles. The molecule has 3 nitrogen and oxygen atoms in total. The number of hydrogen-bond donors (Lipinski definition) is 1. The van der Waals surface area contributed by atoms with E-state index in [1.54, 1.807) is 0 Å². The van der Waals surface area contributed by atoms with Gasteiger partial charge in [-0.15, -0.1) is 11.3 Å². The quantitative estimate of drug-likeness (QED) is 0.922. The van der Waals surface area contributed by atoms with Gasteiger partial charge in [0.2, 0.25) is 0 Å². The van der Waals surface area contributed by atoms with E-state index >= 15 is 0 Å². The highest BCUT2D eigenvalue weighted by atomic mass is 32.1. The van der Waals surface area contributed by atoms with Crippen molar-refractivity contribution in [1.82, 2.24) is 9.88 Å². The molecule has 1 aliphatic rings. The number of nitrogens with two attached hydrogens (primary N) is 1. The summed E-state index contributed by atoms with van der Waals surface area (Å²) in [5, 5.41) is 1.22. The molecule has 2 N–H and O–H groups in total. The van der Waals surface area contributed by atoms with Gasteiger partial charge in [0.25, 0.3) is 0 Å². The van der Waals surface area contributed by atoms with E-state index in [1.807, 2.05) is 11.3 Å². The van der Waals surface area contributed by atoms with Gasteiger partial charge in [-0.2, -0.15) is 0 Å². The molecule has 21 heavy (non-hydrogen) atoms. The van der Waals surface area contributed by atoms with Crippen molar-refractivity contribution in [2.45, 2.75) is 38.6 Å². The topological polar surface area (TPSA) is 42.1 Å². The summed E-state index contributed by atoms with van der Waals surface area (Å²) >= 11 is 1.82. The molecule has 0 spiro atoms. The minimum absolute atomic E-state index is 0.124. The van der Waals surface area contributed by atoms with Crippen molar-refractivity contribution >= 4 is 21.6 Å². The van der Waals surface area contributed by atoms with Crippen LogP contribution in [-0.2, 0) is 5.41 Å². The van der Waals surface area contributed by atoms with Crippen LogP contribution in [0.3, 0.4) is 0 Å². The second kappa shape index (κ2) is 5.34. The van der Waals surface area contributed by atoms with Gasteiger partial charge < -0.3 is 5.73 Å². The highest BCUT2D eigenvalue weighted by molar-refractivity contribution is 7.18. The molecule has 2 aromatic rings. The number of fused-ring (bicyclic) bond motifs is 1. The van der Waals surface area contributed by atoms with Crippen LogP contribution < -0.4 is 5.73 Å². The predicted molar refractivity (Wildman–Crippen MR) is 90.9 cm³/mol. The molecule has 2 atom stereocenters. The number of nitrogens with zero attached hydrogens (tertiary/aromatic N) is 2. The number of likely N-dealkylation sites (tertiary alicyclic amines) is 1. The summed E-state index contributed by atoms with van der Waals surface area (Å²) in [6.07, 6.45) is 1.16. The van der Waals surface area contributed by atoms with Crippen molar-refractivity contribution < 1.29 is 0 Å². The molecule has 0 aliphatic carbocycles. The lowest BCUT2D eigenvalue weighted by molar-refractivity contribution is 0.314. The van der Waals surface area contributed by atoms with E-state index in [1.165, 1.54) is 15.3 Å². The first kappa shape index (κ1) is 14.9. The third-order valence-electron chi connectivity index (χ3n) is 4.41. The monoisotopic (exact) mass is 303 g/mol. The van der Waals surface area contributed by atoms with Crippen LogP contribution >= 0.6 is 11.3 Å². The van der Waals surface area contributed by atoms with Gasteiger partial charge in [0.15, 0.2) is 0 Å². The second-order valence-electron chi connectivity index (χ2n) is 7.29. The first-order valence-electron chi connectivity index (χ1n) is 7.70. The molecule has 2 unspecified atom stereocenters. The summed E-state index contributed by atoms with van der Waals surface area (Å²) in [6, 6.07) is 7.28. The lowest BCUT2D eigenvalue weighted by atomic mass is 9.98. The van der Waals surface area contributed by atoms with Gasteiger partial charge in [0.1, 0.15) is 0 Å². The van der Waals surface area contributed by atoms with Crippen LogP contribution in [0.5, 0.6) is 0 Å². The molecule has 1 saturated heterocycles. The number of hydrogen-bond acceptors (Lipinski definition) is 4. The minimum atomic E-state index is 0.124. The van der Waals surface area contributed by atoms with Crippen molar-refractivity contribution in [2.75, 3.05) is 20.1 Å². The fourth-order valence-corrected chi connectivity index (χ4v) is 4.14. The summed E-state index contributed by atoms with van der Waals surface area (Å²) in [6.45, 7) is 8.56. The van der Waals surface area contributed by atoms with Crippen LogP contribution in [0.1, 0.15) is 43.8 Å². The first-order valence-corrected chi connectivity index (χ1v) is 8.51. The van der Waals surface area contributed by atoms with Crippen molar-refractivity contribution in [1.29, 1.82) is 0 Å². The lowest BCUT2D eigenvalue weighted by Gasteiger charge is -2.19. The first-order chi connectivity index (χ1) is 9.88. The number of aromatic nitrogens is 1. The maximum atomic E-state index is 5.84. The van der Waals surface area contributed by atoms with E-state index in [0.717, 1.165) is 25.0 Å². The van der Waals surface area contributed by atoms with Crippen molar-refractivity contribution in [3.8, 4) is 0 Å². The number of rotatable bonds is 2. The second-order valence-corrected chi connectivity index (χ2v) is 8.32. The molecule has 1 aromatic carbocycles. The lowest BCUT2D eigenvalue weighted by Crippen LogP contribution is -2.20. The summed E-state index contributed by atoms with van der Waals surface area (Å²) < 4.78 is 1.29. The minimum Gasteiger partial charge on any atom is -0.330 e. The molecule has 1 aliphatic heterocycles. The Kier molecular flexibility index (Phi) is 3.80. The van der Waals surface area contributed by atoms with Crippen molar-refractivity contribution in [2.24, 2.45) is 11.7 Å². The van der Waals surface area contributed by atoms with Gasteiger partial charge in [-0.3, -0.25) is 4.90 Å². The Balaban J connectivity index is 1.94. The Morgan fingerprint density at radius 3 is 2.76 bits per heavy atom. The molecule has 114 valence electrons. The van der Waals surface area contributed by atoms with Gasteiger partial charge in [0, 0.05) is 18.0 Å². The summed E-state index contributed by atoms with van der Waals surface area (Å²) in [4.78, 5) is 7.28. The molecule has 2 heterocycles. The van der Waals surface area contributed by atoms with Gasteiger partial charge in [-0.05, 0) is 43.6 Å². The van der Waals surface area contributed by atoms with E-state index in [2.05, 4.69) is 50.9 Å². The zero-order valence-corrected chi connectivity index (χ0v) is 14.2. The van der Waals surface area contributed by atoms with E-state index in [4.69, 9.17) is 10.7 Å². The van der Waals surface area contributed by atoms with Crippen LogP contribution in [-0.4, -0.2) is 30.0 Å². The van der Waals surface area contributed by atoms with Gasteiger partial charge in [-0.25, -0.2) is 4.98 Å². The van der Waals surface area contributed by atoms with E-state index in [-0.39, 0.29) is 5.41 Å². The molecule has 0 amide bonds. The average molecular weight is 303 g/mol. The van der Waals surface area contributed by atoms with Gasteiger partial charge >= 0.3 is 0 Å². The maximum absolute atomic E-state index is 5.84. The van der Waals surface area contributed by atoms with Crippen LogP contribution in [0.4, 0.5) is 0 Å². The largest absolute Gasteiger partial charge is 0.330 e. The Morgan fingerprint density at radius 2 is 2.14 bits per heavy atom. The van der Waals surface area contributed by atoms with Gasteiger partial charge in [0.05, 0.1) is 15.2 Å². The molecule has 0 radical (unpaired) electrons. The zero-order chi connectivity index (χ0) is 15.2. The average Bonchev–Trinajstić information content (AvgIpc) is 3.00. The molecule has 4 heteroatoms. The number of benzene rings is 1. The standard InChI is InChI=1S/C17H25N3S/c1-17(2,3)16-19-13-8-12(5-6-15(13)21-16)14-7-11(9-18)10-20(14)4/h5-6,8,11,14H,7,9-10,18H2,1-4H3. The third kappa shape index (κ3) is 2.85. The maximum Gasteiger partial charge on any atom is 0.0992 e. The van der Waals surface area contributed by atoms with E-state index in [9.17, 15) is 0 Å². The summed E-state index contributed by atoms with van der Waals surface area (Å²) in [7, 11) is 2.20.